The van der Waals surface area contributed by atoms with Gasteiger partial charge in [0.15, 0.2) is 0 Å². The number of aryl methyl sites for hydroxylation is 1. The Labute approximate surface area is 137 Å². The molecule has 1 amide bonds. The lowest BCUT2D eigenvalue weighted by Gasteiger charge is -2.15. The van der Waals surface area contributed by atoms with Crippen molar-refractivity contribution in [3.63, 3.8) is 0 Å². The predicted molar refractivity (Wildman–Crippen MR) is 90.3 cm³/mol. The van der Waals surface area contributed by atoms with Crippen molar-refractivity contribution in [3.8, 4) is 0 Å². The lowest BCUT2D eigenvalue weighted by molar-refractivity contribution is 0.102. The summed E-state index contributed by atoms with van der Waals surface area (Å²) in [5, 5.41) is 2.88. The Morgan fingerprint density at radius 3 is 2.77 bits per heavy atom. The van der Waals surface area contributed by atoms with E-state index in [1.165, 1.54) is 0 Å². The third kappa shape index (κ3) is 3.27. The summed E-state index contributed by atoms with van der Waals surface area (Å²) in [5.74, 6) is 0.418. The van der Waals surface area contributed by atoms with Crippen LogP contribution in [-0.4, -0.2) is 29.0 Å². The summed E-state index contributed by atoms with van der Waals surface area (Å²) in [4.78, 5) is 23.1. The molecule has 1 fully saturated rings. The molecule has 22 heavy (non-hydrogen) atoms. The Kier molecular flexibility index (Phi) is 4.38. The van der Waals surface area contributed by atoms with Crippen molar-refractivity contribution in [2.75, 3.05) is 23.3 Å². The molecule has 114 valence electrons. The maximum atomic E-state index is 12.3. The lowest BCUT2D eigenvalue weighted by atomic mass is 10.2. The standard InChI is InChI=1S/C16H17BrN4O/c1-11-10-12(4-5-13(11)17)19-15(22)14-6-7-18-16(20-14)21-8-2-3-9-21/h4-7,10H,2-3,8-9H2,1H3,(H,19,22). The summed E-state index contributed by atoms with van der Waals surface area (Å²) in [6.07, 6.45) is 3.94. The van der Waals surface area contributed by atoms with E-state index in [0.717, 1.165) is 41.7 Å². The Morgan fingerprint density at radius 2 is 2.05 bits per heavy atom. The number of anilines is 2. The van der Waals surface area contributed by atoms with Crippen LogP contribution in [0.4, 0.5) is 11.6 Å². The minimum Gasteiger partial charge on any atom is -0.341 e. The van der Waals surface area contributed by atoms with Crippen LogP contribution in [-0.2, 0) is 0 Å². The molecule has 0 atom stereocenters. The highest BCUT2D eigenvalue weighted by molar-refractivity contribution is 9.10. The minimum atomic E-state index is -0.218. The SMILES string of the molecule is Cc1cc(NC(=O)c2ccnc(N3CCCC3)n2)ccc1Br. The fraction of sp³-hybridized carbons (Fsp3) is 0.312. The van der Waals surface area contributed by atoms with Crippen LogP contribution >= 0.6 is 15.9 Å². The molecule has 0 radical (unpaired) electrons. The second-order valence-electron chi connectivity index (χ2n) is 5.35. The van der Waals surface area contributed by atoms with Crippen LogP contribution < -0.4 is 10.2 Å². The first-order valence-corrected chi connectivity index (χ1v) is 8.08. The van der Waals surface area contributed by atoms with Crippen molar-refractivity contribution in [1.82, 2.24) is 9.97 Å². The number of amides is 1. The summed E-state index contributed by atoms with van der Waals surface area (Å²) >= 11 is 3.45. The molecule has 5 nitrogen and oxygen atoms in total. The van der Waals surface area contributed by atoms with Crippen LogP contribution in [0.1, 0.15) is 28.9 Å². The quantitative estimate of drug-likeness (QED) is 0.911. The van der Waals surface area contributed by atoms with Crippen LogP contribution in [0, 0.1) is 6.92 Å². The zero-order chi connectivity index (χ0) is 15.5. The fourth-order valence-corrected chi connectivity index (χ4v) is 2.71. The molecule has 0 bridgehead atoms. The molecule has 1 aliphatic rings. The van der Waals surface area contributed by atoms with Gasteiger partial charge in [-0.15, -0.1) is 0 Å². The van der Waals surface area contributed by atoms with Crippen LogP contribution in [0.15, 0.2) is 34.9 Å². The summed E-state index contributed by atoms with van der Waals surface area (Å²) in [6.45, 7) is 3.89. The fourth-order valence-electron chi connectivity index (χ4n) is 2.46. The summed E-state index contributed by atoms with van der Waals surface area (Å²) in [7, 11) is 0. The van der Waals surface area contributed by atoms with E-state index in [2.05, 4.69) is 36.1 Å². The van der Waals surface area contributed by atoms with Crippen LogP contribution in [0.5, 0.6) is 0 Å². The predicted octanol–water partition coefficient (Wildman–Crippen LogP) is 3.40. The highest BCUT2D eigenvalue weighted by Crippen LogP contribution is 2.21. The Bertz CT molecular complexity index is 698. The smallest absolute Gasteiger partial charge is 0.274 e. The van der Waals surface area contributed by atoms with Gasteiger partial charge in [-0.1, -0.05) is 15.9 Å². The molecular formula is C16H17BrN4O. The Hall–Kier alpha value is -1.95. The molecule has 1 aliphatic heterocycles. The van der Waals surface area contributed by atoms with Crippen LogP contribution in [0.3, 0.4) is 0 Å². The summed E-state index contributed by atoms with van der Waals surface area (Å²) in [5.41, 5.74) is 2.21. The Balaban J connectivity index is 1.76. The number of rotatable bonds is 3. The van der Waals surface area contributed by atoms with Crippen molar-refractivity contribution in [2.24, 2.45) is 0 Å². The first-order chi connectivity index (χ1) is 10.6. The largest absolute Gasteiger partial charge is 0.341 e. The third-order valence-corrected chi connectivity index (χ3v) is 4.57. The second kappa shape index (κ2) is 6.44. The zero-order valence-corrected chi connectivity index (χ0v) is 13.9. The average Bonchev–Trinajstić information content (AvgIpc) is 3.05. The van der Waals surface area contributed by atoms with Gasteiger partial charge in [-0.05, 0) is 49.6 Å². The summed E-state index contributed by atoms with van der Waals surface area (Å²) < 4.78 is 1.02. The number of carbonyl (C=O) groups is 1. The first-order valence-electron chi connectivity index (χ1n) is 7.29. The van der Waals surface area contributed by atoms with E-state index in [1.807, 2.05) is 25.1 Å². The maximum absolute atomic E-state index is 12.3. The van der Waals surface area contributed by atoms with E-state index >= 15 is 0 Å². The molecule has 0 unspecified atom stereocenters. The first kappa shape index (κ1) is 15.0. The van der Waals surface area contributed by atoms with Crippen molar-refractivity contribution in [1.29, 1.82) is 0 Å². The molecule has 6 heteroatoms. The molecular weight excluding hydrogens is 344 g/mol. The van der Waals surface area contributed by atoms with E-state index < -0.39 is 0 Å². The van der Waals surface area contributed by atoms with Gasteiger partial charge in [0.1, 0.15) is 5.69 Å². The number of aromatic nitrogens is 2. The Morgan fingerprint density at radius 1 is 1.27 bits per heavy atom. The molecule has 0 spiro atoms. The molecule has 2 heterocycles. The maximum Gasteiger partial charge on any atom is 0.274 e. The number of hydrogen-bond acceptors (Lipinski definition) is 4. The van der Waals surface area contributed by atoms with Gasteiger partial charge in [-0.3, -0.25) is 4.79 Å². The molecule has 1 aromatic carbocycles. The molecule has 1 N–H and O–H groups in total. The van der Waals surface area contributed by atoms with Gasteiger partial charge >= 0.3 is 0 Å². The van der Waals surface area contributed by atoms with Gasteiger partial charge in [0.25, 0.3) is 5.91 Å². The number of nitrogens with one attached hydrogen (secondary N) is 1. The van der Waals surface area contributed by atoms with Gasteiger partial charge in [-0.25, -0.2) is 9.97 Å². The van der Waals surface area contributed by atoms with Crippen molar-refractivity contribution in [3.05, 3.63) is 46.2 Å². The number of benzene rings is 1. The van der Waals surface area contributed by atoms with Crippen LogP contribution in [0.25, 0.3) is 0 Å². The molecule has 1 aromatic heterocycles. The van der Waals surface area contributed by atoms with Crippen LogP contribution in [0.2, 0.25) is 0 Å². The topological polar surface area (TPSA) is 58.1 Å². The second-order valence-corrected chi connectivity index (χ2v) is 6.21. The van der Waals surface area contributed by atoms with E-state index in [-0.39, 0.29) is 5.91 Å². The molecule has 0 aliphatic carbocycles. The van der Waals surface area contributed by atoms with E-state index in [0.29, 0.717) is 11.6 Å². The van der Waals surface area contributed by atoms with E-state index in [4.69, 9.17) is 0 Å². The molecule has 0 saturated carbocycles. The number of halogens is 1. The van der Waals surface area contributed by atoms with Gasteiger partial charge in [0, 0.05) is 29.4 Å². The van der Waals surface area contributed by atoms with Crippen molar-refractivity contribution >= 4 is 33.5 Å². The number of carbonyl (C=O) groups excluding carboxylic acids is 1. The summed E-state index contributed by atoms with van der Waals surface area (Å²) in [6, 6.07) is 7.34. The third-order valence-electron chi connectivity index (χ3n) is 3.68. The van der Waals surface area contributed by atoms with E-state index in [9.17, 15) is 4.79 Å². The normalized spacial score (nSPS) is 14.2. The van der Waals surface area contributed by atoms with Gasteiger partial charge < -0.3 is 10.2 Å². The highest BCUT2D eigenvalue weighted by atomic mass is 79.9. The lowest BCUT2D eigenvalue weighted by Crippen LogP contribution is -2.22. The zero-order valence-electron chi connectivity index (χ0n) is 12.3. The van der Waals surface area contributed by atoms with Crippen molar-refractivity contribution in [2.45, 2.75) is 19.8 Å². The number of hydrogen-bond donors (Lipinski definition) is 1. The highest BCUT2D eigenvalue weighted by Gasteiger charge is 2.17. The van der Waals surface area contributed by atoms with Gasteiger partial charge in [-0.2, -0.15) is 0 Å². The number of nitrogens with zero attached hydrogens (tertiary/aromatic N) is 3. The van der Waals surface area contributed by atoms with Crippen molar-refractivity contribution < 1.29 is 4.79 Å². The van der Waals surface area contributed by atoms with Gasteiger partial charge in [0.2, 0.25) is 5.95 Å². The molecule has 1 saturated heterocycles. The van der Waals surface area contributed by atoms with Gasteiger partial charge in [0.05, 0.1) is 0 Å². The minimum absolute atomic E-state index is 0.218. The average molecular weight is 361 g/mol. The monoisotopic (exact) mass is 360 g/mol. The molecule has 3 rings (SSSR count). The molecule has 2 aromatic rings. The van der Waals surface area contributed by atoms with E-state index in [1.54, 1.807) is 12.3 Å².